The van der Waals surface area contributed by atoms with Crippen molar-refractivity contribution in [3.63, 3.8) is 0 Å². The highest BCUT2D eigenvalue weighted by molar-refractivity contribution is 7.09. The molecule has 0 aromatic carbocycles. The Bertz CT molecular complexity index is 532. The van der Waals surface area contributed by atoms with Gasteiger partial charge in [0, 0.05) is 43.2 Å². The van der Waals surface area contributed by atoms with Crippen LogP contribution in [0.15, 0.2) is 5.38 Å². The lowest BCUT2D eigenvalue weighted by Crippen LogP contribution is -2.57. The lowest BCUT2D eigenvalue weighted by atomic mass is 9.84. The summed E-state index contributed by atoms with van der Waals surface area (Å²) in [6.45, 7) is 5.93. The van der Waals surface area contributed by atoms with E-state index < -0.39 is 0 Å². The Labute approximate surface area is 143 Å². The number of hydrogen-bond donors (Lipinski definition) is 1. The fourth-order valence-electron chi connectivity index (χ4n) is 3.89. The minimum Gasteiger partial charge on any atom is -0.338 e. The van der Waals surface area contributed by atoms with Crippen LogP contribution in [0.3, 0.4) is 0 Å². The van der Waals surface area contributed by atoms with E-state index in [2.05, 4.69) is 32.5 Å². The van der Waals surface area contributed by atoms with Gasteiger partial charge in [0.15, 0.2) is 0 Å². The molecule has 2 saturated heterocycles. The Morgan fingerprint density at radius 2 is 2.30 bits per heavy atom. The van der Waals surface area contributed by atoms with Crippen LogP contribution in [-0.2, 0) is 6.42 Å². The number of carbonyl (C=O) groups excluding carboxylic acids is 1. The van der Waals surface area contributed by atoms with Crippen molar-refractivity contribution in [1.82, 2.24) is 20.1 Å². The number of piperidine rings is 2. The fourth-order valence-corrected chi connectivity index (χ4v) is 4.71. The van der Waals surface area contributed by atoms with E-state index in [1.807, 2.05) is 6.92 Å². The zero-order valence-corrected chi connectivity index (χ0v) is 15.1. The van der Waals surface area contributed by atoms with Crippen molar-refractivity contribution < 1.29 is 4.79 Å². The van der Waals surface area contributed by atoms with Gasteiger partial charge >= 0.3 is 6.03 Å². The predicted molar refractivity (Wildman–Crippen MR) is 93.9 cm³/mol. The first-order valence-electron chi connectivity index (χ1n) is 8.77. The van der Waals surface area contributed by atoms with Gasteiger partial charge in [0.25, 0.3) is 0 Å². The van der Waals surface area contributed by atoms with Gasteiger partial charge in [-0.25, -0.2) is 9.78 Å². The van der Waals surface area contributed by atoms with Crippen LogP contribution in [0.5, 0.6) is 0 Å². The number of aryl methyl sites for hydroxylation is 2. The molecule has 0 radical (unpaired) electrons. The van der Waals surface area contributed by atoms with E-state index in [-0.39, 0.29) is 6.03 Å². The summed E-state index contributed by atoms with van der Waals surface area (Å²) in [5.41, 5.74) is 1.09. The molecule has 5 nitrogen and oxygen atoms in total. The third-order valence-electron chi connectivity index (χ3n) is 5.04. The standard InChI is InChI=1S/C17H28N4OS/c1-13-12-23-16(19-13)6-3-8-18-17(22)21-9-4-5-14-11-20(2)10-7-15(14)21/h12,14-15H,3-11H2,1-2H3,(H,18,22)/t14-,15+/m1/s1. The smallest absolute Gasteiger partial charge is 0.317 e. The van der Waals surface area contributed by atoms with Gasteiger partial charge in [0.1, 0.15) is 0 Å². The highest BCUT2D eigenvalue weighted by Crippen LogP contribution is 2.30. The molecule has 1 aromatic heterocycles. The molecule has 1 N–H and O–H groups in total. The van der Waals surface area contributed by atoms with Gasteiger partial charge in [-0.2, -0.15) is 0 Å². The summed E-state index contributed by atoms with van der Waals surface area (Å²) >= 11 is 1.71. The van der Waals surface area contributed by atoms with Gasteiger partial charge in [-0.15, -0.1) is 11.3 Å². The first kappa shape index (κ1) is 16.7. The van der Waals surface area contributed by atoms with Crippen molar-refractivity contribution in [2.24, 2.45) is 5.92 Å². The van der Waals surface area contributed by atoms with Gasteiger partial charge < -0.3 is 15.1 Å². The Balaban J connectivity index is 1.44. The van der Waals surface area contributed by atoms with Crippen LogP contribution in [0.1, 0.15) is 36.4 Å². The Hall–Kier alpha value is -1.14. The number of likely N-dealkylation sites (tertiary alicyclic amines) is 2. The van der Waals surface area contributed by atoms with Crippen molar-refractivity contribution in [3.8, 4) is 0 Å². The molecule has 3 heterocycles. The molecule has 6 heteroatoms. The molecule has 0 aliphatic carbocycles. The molecule has 2 atom stereocenters. The second-order valence-electron chi connectivity index (χ2n) is 6.93. The third kappa shape index (κ3) is 4.23. The number of amides is 2. The summed E-state index contributed by atoms with van der Waals surface area (Å²) in [4.78, 5) is 21.5. The third-order valence-corrected chi connectivity index (χ3v) is 6.07. The highest BCUT2D eigenvalue weighted by atomic mass is 32.1. The first-order valence-corrected chi connectivity index (χ1v) is 9.65. The monoisotopic (exact) mass is 336 g/mol. The minimum absolute atomic E-state index is 0.138. The first-order chi connectivity index (χ1) is 11.1. The zero-order valence-electron chi connectivity index (χ0n) is 14.3. The number of aromatic nitrogens is 1. The van der Waals surface area contributed by atoms with Crippen LogP contribution in [-0.4, -0.2) is 60.1 Å². The van der Waals surface area contributed by atoms with Crippen LogP contribution < -0.4 is 5.32 Å². The van der Waals surface area contributed by atoms with Crippen LogP contribution in [0, 0.1) is 12.8 Å². The molecule has 128 valence electrons. The largest absolute Gasteiger partial charge is 0.338 e. The topological polar surface area (TPSA) is 48.5 Å². The maximum atomic E-state index is 12.5. The quantitative estimate of drug-likeness (QED) is 0.860. The maximum absolute atomic E-state index is 12.5. The number of urea groups is 1. The molecule has 23 heavy (non-hydrogen) atoms. The molecule has 0 bridgehead atoms. The van der Waals surface area contributed by atoms with Crippen molar-refractivity contribution in [1.29, 1.82) is 0 Å². The van der Waals surface area contributed by atoms with E-state index >= 15 is 0 Å². The van der Waals surface area contributed by atoms with E-state index in [0.29, 0.717) is 12.0 Å². The number of fused-ring (bicyclic) bond motifs is 1. The van der Waals surface area contributed by atoms with Gasteiger partial charge in [0.2, 0.25) is 0 Å². The summed E-state index contributed by atoms with van der Waals surface area (Å²) in [7, 11) is 2.19. The number of thiazole rings is 1. The average molecular weight is 337 g/mol. The van der Waals surface area contributed by atoms with Gasteiger partial charge in [-0.1, -0.05) is 0 Å². The molecule has 3 rings (SSSR count). The molecule has 0 saturated carbocycles. The lowest BCUT2D eigenvalue weighted by molar-refractivity contribution is 0.0534. The predicted octanol–water partition coefficient (Wildman–Crippen LogP) is 2.51. The summed E-state index contributed by atoms with van der Waals surface area (Å²) in [5, 5.41) is 6.38. The van der Waals surface area contributed by atoms with E-state index in [0.717, 1.165) is 57.6 Å². The zero-order chi connectivity index (χ0) is 16.2. The van der Waals surface area contributed by atoms with Crippen molar-refractivity contribution >= 4 is 17.4 Å². The van der Waals surface area contributed by atoms with E-state index in [1.165, 1.54) is 11.4 Å². The van der Waals surface area contributed by atoms with Gasteiger partial charge in [-0.3, -0.25) is 0 Å². The molecule has 1 aromatic rings. The van der Waals surface area contributed by atoms with Crippen LogP contribution in [0.2, 0.25) is 0 Å². The second kappa shape index (κ2) is 7.62. The molecule has 2 aliphatic rings. The lowest BCUT2D eigenvalue weighted by Gasteiger charge is -2.46. The van der Waals surface area contributed by atoms with Crippen LogP contribution >= 0.6 is 11.3 Å². The number of nitrogens with zero attached hydrogens (tertiary/aromatic N) is 3. The molecule has 2 fully saturated rings. The van der Waals surface area contributed by atoms with Crippen molar-refractivity contribution in [2.75, 3.05) is 33.2 Å². The molecular formula is C17H28N4OS. The Morgan fingerprint density at radius 1 is 1.43 bits per heavy atom. The summed E-state index contributed by atoms with van der Waals surface area (Å²) in [6, 6.07) is 0.584. The van der Waals surface area contributed by atoms with E-state index in [1.54, 1.807) is 11.3 Å². The van der Waals surface area contributed by atoms with Crippen molar-refractivity contribution in [2.45, 2.75) is 45.1 Å². The Morgan fingerprint density at radius 3 is 3.09 bits per heavy atom. The number of carbonyl (C=O) groups is 1. The van der Waals surface area contributed by atoms with Crippen LogP contribution in [0.25, 0.3) is 0 Å². The SMILES string of the molecule is Cc1csc(CCCNC(=O)N2CCC[C@@H]3CN(C)CC[C@@H]32)n1. The summed E-state index contributed by atoms with van der Waals surface area (Å²) < 4.78 is 0. The highest BCUT2D eigenvalue weighted by Gasteiger charge is 2.37. The second-order valence-corrected chi connectivity index (χ2v) is 7.87. The number of rotatable bonds is 4. The van der Waals surface area contributed by atoms with Crippen molar-refractivity contribution in [3.05, 3.63) is 16.1 Å². The Kier molecular flexibility index (Phi) is 5.54. The van der Waals surface area contributed by atoms with E-state index in [4.69, 9.17) is 0 Å². The summed E-state index contributed by atoms with van der Waals surface area (Å²) in [6.07, 6.45) is 5.44. The van der Waals surface area contributed by atoms with Gasteiger partial charge in [-0.05, 0) is 52.1 Å². The normalized spacial score (nSPS) is 25.2. The fraction of sp³-hybridized carbons (Fsp3) is 0.765. The molecule has 2 amide bonds. The molecule has 2 aliphatic heterocycles. The average Bonchev–Trinajstić information content (AvgIpc) is 2.96. The summed E-state index contributed by atoms with van der Waals surface area (Å²) in [5.74, 6) is 0.659. The van der Waals surface area contributed by atoms with E-state index in [9.17, 15) is 4.79 Å². The maximum Gasteiger partial charge on any atom is 0.317 e. The van der Waals surface area contributed by atoms with Crippen LogP contribution in [0.4, 0.5) is 4.79 Å². The molecule has 0 spiro atoms. The minimum atomic E-state index is 0.138. The number of hydrogen-bond acceptors (Lipinski definition) is 4. The van der Waals surface area contributed by atoms with Gasteiger partial charge in [0.05, 0.1) is 5.01 Å². The molecule has 0 unspecified atom stereocenters. The molecular weight excluding hydrogens is 308 g/mol. The number of nitrogens with one attached hydrogen (secondary N) is 1.